The third-order valence-corrected chi connectivity index (χ3v) is 12.7. The minimum atomic E-state index is -0.0733. The zero-order valence-corrected chi connectivity index (χ0v) is 32.1. The second-order valence-corrected chi connectivity index (χ2v) is 16.5. The van der Waals surface area contributed by atoms with E-state index in [0.29, 0.717) is 0 Å². The fourth-order valence-corrected chi connectivity index (χ4v) is 9.79. The zero-order valence-electron chi connectivity index (χ0n) is 32.1. The Hall–Kier alpha value is -6.64. The Bertz CT molecular complexity index is 3050. The molecule has 1 heterocycles. The molecule has 9 aromatic rings. The van der Waals surface area contributed by atoms with Gasteiger partial charge < -0.3 is 9.32 Å². The predicted molar refractivity (Wildman–Crippen MR) is 234 cm³/mol. The van der Waals surface area contributed by atoms with Crippen LogP contribution in [0.25, 0.3) is 66.4 Å². The highest BCUT2D eigenvalue weighted by atomic mass is 16.3. The molecule has 2 aliphatic rings. The van der Waals surface area contributed by atoms with E-state index in [-0.39, 0.29) is 10.8 Å². The maximum atomic E-state index is 6.41. The van der Waals surface area contributed by atoms with Crippen molar-refractivity contribution in [3.8, 4) is 44.5 Å². The second-order valence-electron chi connectivity index (χ2n) is 16.5. The largest absolute Gasteiger partial charge is 0.456 e. The molecule has 0 radical (unpaired) electrons. The number of rotatable bonds is 5. The predicted octanol–water partition coefficient (Wildman–Crippen LogP) is 15.0. The molecule has 2 aliphatic carbocycles. The maximum absolute atomic E-state index is 6.41. The number of fused-ring (bicyclic) bond motifs is 9. The van der Waals surface area contributed by atoms with E-state index in [9.17, 15) is 0 Å². The molecular weight excluding hydrogens is 679 g/mol. The van der Waals surface area contributed by atoms with E-state index in [1.807, 2.05) is 12.1 Å². The Morgan fingerprint density at radius 1 is 0.357 bits per heavy atom. The van der Waals surface area contributed by atoms with Gasteiger partial charge in [0.2, 0.25) is 0 Å². The molecule has 0 saturated heterocycles. The van der Waals surface area contributed by atoms with Gasteiger partial charge in [0.15, 0.2) is 0 Å². The average molecular weight is 720 g/mol. The van der Waals surface area contributed by atoms with E-state index >= 15 is 0 Å². The maximum Gasteiger partial charge on any atom is 0.136 e. The molecule has 0 N–H and O–H groups in total. The first-order valence-corrected chi connectivity index (χ1v) is 19.7. The molecule has 2 heteroatoms. The second kappa shape index (κ2) is 11.9. The fourth-order valence-electron chi connectivity index (χ4n) is 9.79. The van der Waals surface area contributed by atoms with Gasteiger partial charge in [0, 0.05) is 38.5 Å². The van der Waals surface area contributed by atoms with Crippen LogP contribution in [0.4, 0.5) is 17.1 Å². The molecule has 11 rings (SSSR count). The van der Waals surface area contributed by atoms with Crippen LogP contribution in [0.5, 0.6) is 0 Å². The van der Waals surface area contributed by atoms with Crippen LogP contribution in [0.1, 0.15) is 49.9 Å². The van der Waals surface area contributed by atoms with Gasteiger partial charge in [-0.25, -0.2) is 0 Å². The van der Waals surface area contributed by atoms with Crippen LogP contribution in [0, 0.1) is 0 Å². The van der Waals surface area contributed by atoms with Gasteiger partial charge >= 0.3 is 0 Å². The lowest BCUT2D eigenvalue weighted by Gasteiger charge is -2.29. The first-order valence-electron chi connectivity index (χ1n) is 19.7. The van der Waals surface area contributed by atoms with Crippen LogP contribution in [0.15, 0.2) is 180 Å². The minimum Gasteiger partial charge on any atom is -0.456 e. The molecule has 56 heavy (non-hydrogen) atoms. The van der Waals surface area contributed by atoms with Crippen molar-refractivity contribution in [1.29, 1.82) is 0 Å². The van der Waals surface area contributed by atoms with Gasteiger partial charge in [-0.2, -0.15) is 0 Å². The summed E-state index contributed by atoms with van der Waals surface area (Å²) < 4.78 is 6.41. The van der Waals surface area contributed by atoms with Crippen LogP contribution in [-0.2, 0) is 10.8 Å². The van der Waals surface area contributed by atoms with E-state index in [1.165, 1.54) is 55.6 Å². The number of anilines is 3. The lowest BCUT2D eigenvalue weighted by molar-refractivity contribution is 0.660. The summed E-state index contributed by atoms with van der Waals surface area (Å²) in [6, 6.07) is 64.7. The van der Waals surface area contributed by atoms with Crippen molar-refractivity contribution in [2.75, 3.05) is 4.90 Å². The van der Waals surface area contributed by atoms with Gasteiger partial charge in [-0.1, -0.05) is 149 Å². The van der Waals surface area contributed by atoms with Gasteiger partial charge in [0.1, 0.15) is 11.2 Å². The number of benzene rings is 8. The number of hydrogen-bond acceptors (Lipinski definition) is 2. The van der Waals surface area contributed by atoms with Crippen molar-refractivity contribution in [1.82, 2.24) is 0 Å². The quantitative estimate of drug-likeness (QED) is 0.176. The minimum absolute atomic E-state index is 0.0695. The molecular formula is C54H41NO. The molecule has 0 saturated carbocycles. The van der Waals surface area contributed by atoms with E-state index < -0.39 is 0 Å². The van der Waals surface area contributed by atoms with Crippen LogP contribution in [0.2, 0.25) is 0 Å². The van der Waals surface area contributed by atoms with E-state index in [1.54, 1.807) is 0 Å². The summed E-state index contributed by atoms with van der Waals surface area (Å²) in [5.41, 5.74) is 20.5. The molecule has 0 spiro atoms. The van der Waals surface area contributed by atoms with Crippen LogP contribution < -0.4 is 4.90 Å². The lowest BCUT2D eigenvalue weighted by Crippen LogP contribution is -2.15. The first-order chi connectivity index (χ1) is 27.3. The topological polar surface area (TPSA) is 16.4 Å². The van der Waals surface area contributed by atoms with Gasteiger partial charge in [0.25, 0.3) is 0 Å². The smallest absolute Gasteiger partial charge is 0.136 e. The SMILES string of the molecule is CC1(C)c2ccccc2-c2cc(N(c3cccc(-c4ccc5c(c4)C(C)(C)c4ccccc4-5)c3)c3ccccc3-c3ccc4c(c3)oc3ccccc34)ccc21. The first kappa shape index (κ1) is 32.8. The Kier molecular flexibility index (Phi) is 6.98. The van der Waals surface area contributed by atoms with Crippen LogP contribution in [0.3, 0.4) is 0 Å². The van der Waals surface area contributed by atoms with Crippen molar-refractivity contribution < 1.29 is 4.42 Å². The molecule has 0 unspecified atom stereocenters. The summed E-state index contributed by atoms with van der Waals surface area (Å²) in [6.07, 6.45) is 0. The average Bonchev–Trinajstić information content (AvgIpc) is 3.80. The molecule has 1 aromatic heterocycles. The molecule has 8 aromatic carbocycles. The Balaban J connectivity index is 1.10. The fraction of sp³-hybridized carbons (Fsp3) is 0.111. The normalized spacial score (nSPS) is 14.4. The summed E-state index contributed by atoms with van der Waals surface area (Å²) in [4.78, 5) is 2.45. The monoisotopic (exact) mass is 719 g/mol. The molecule has 0 bridgehead atoms. The zero-order chi connectivity index (χ0) is 37.8. The third kappa shape index (κ3) is 4.75. The van der Waals surface area contributed by atoms with E-state index in [2.05, 4.69) is 196 Å². The summed E-state index contributed by atoms with van der Waals surface area (Å²) >= 11 is 0. The van der Waals surface area contributed by atoms with Gasteiger partial charge in [0.05, 0.1) is 5.69 Å². The van der Waals surface area contributed by atoms with Crippen molar-refractivity contribution in [3.05, 3.63) is 198 Å². The van der Waals surface area contributed by atoms with Crippen molar-refractivity contribution in [2.45, 2.75) is 38.5 Å². The standard InChI is InChI=1S/C54H41NO/c1-53(2)47-21-10-6-18-41(47)45-33-38(26-29-48(45)53)55(50-22-11-7-16-39(50)36-25-28-44-43-19-8-12-23-51(43)56-52(44)32-36)37-15-13-14-34(30-37)35-24-27-42-40-17-5-9-20-46(40)54(3,4)49(42)31-35/h5-33H,1-4H3. The number of nitrogens with zero attached hydrogens (tertiary/aromatic N) is 1. The molecule has 0 atom stereocenters. The third-order valence-electron chi connectivity index (χ3n) is 12.7. The molecule has 268 valence electrons. The van der Waals surface area contributed by atoms with Gasteiger partial charge in [-0.3, -0.25) is 0 Å². The molecule has 0 aliphatic heterocycles. The van der Waals surface area contributed by atoms with Crippen molar-refractivity contribution >= 4 is 39.0 Å². The Morgan fingerprint density at radius 2 is 0.946 bits per heavy atom. The van der Waals surface area contributed by atoms with E-state index in [0.717, 1.165) is 50.1 Å². The number of hydrogen-bond donors (Lipinski definition) is 0. The summed E-state index contributed by atoms with van der Waals surface area (Å²) in [6.45, 7) is 9.40. The Labute approximate surface area is 328 Å². The molecule has 2 nitrogen and oxygen atoms in total. The number of para-hydroxylation sites is 2. The summed E-state index contributed by atoms with van der Waals surface area (Å²) in [5, 5.41) is 2.27. The summed E-state index contributed by atoms with van der Waals surface area (Å²) in [7, 11) is 0. The number of furan rings is 1. The molecule has 0 amide bonds. The van der Waals surface area contributed by atoms with E-state index in [4.69, 9.17) is 4.42 Å². The van der Waals surface area contributed by atoms with Crippen LogP contribution in [-0.4, -0.2) is 0 Å². The molecule has 0 fully saturated rings. The van der Waals surface area contributed by atoms with Crippen LogP contribution >= 0.6 is 0 Å². The van der Waals surface area contributed by atoms with Crippen molar-refractivity contribution in [2.24, 2.45) is 0 Å². The summed E-state index contributed by atoms with van der Waals surface area (Å²) in [5.74, 6) is 0. The Morgan fingerprint density at radius 3 is 1.77 bits per heavy atom. The van der Waals surface area contributed by atoms with Crippen molar-refractivity contribution in [3.63, 3.8) is 0 Å². The lowest BCUT2D eigenvalue weighted by atomic mass is 9.81. The van der Waals surface area contributed by atoms with Gasteiger partial charge in [-0.05, 0) is 116 Å². The van der Waals surface area contributed by atoms with Gasteiger partial charge in [-0.15, -0.1) is 0 Å². The highest BCUT2D eigenvalue weighted by molar-refractivity contribution is 6.06. The highest BCUT2D eigenvalue weighted by Gasteiger charge is 2.37. The highest BCUT2D eigenvalue weighted by Crippen LogP contribution is 2.52.